The van der Waals surface area contributed by atoms with Gasteiger partial charge in [0.15, 0.2) is 0 Å². The second-order valence-electron chi connectivity index (χ2n) is 1.71. The number of carbonyl (C=O) groups excluding carboxylic acids is 1. The second-order valence-corrected chi connectivity index (χ2v) is 2.16. The van der Waals surface area contributed by atoms with Gasteiger partial charge in [-0.1, -0.05) is 31.3 Å². The minimum atomic E-state index is -0.546. The number of methoxy groups -OCH3 is 1. The topological polar surface area (TPSA) is 50.1 Å². The zero-order valence-electron chi connectivity index (χ0n) is 7.34. The molecule has 0 spiro atoms. The minimum absolute atomic E-state index is 0.0965. The molecular weight excluding hydrogens is 190 g/mol. The van der Waals surface area contributed by atoms with Gasteiger partial charge in [0.2, 0.25) is 0 Å². The number of allylic oxidation sites excluding steroid dienone is 1. The van der Waals surface area contributed by atoms with Crippen LogP contribution in [0.15, 0.2) is 36.4 Å². The minimum Gasteiger partial charge on any atom is -0.465 e. The third-order valence-corrected chi connectivity index (χ3v) is 1.08. The number of carbonyl (C=O) groups is 1. The average Bonchev–Trinajstić information content (AvgIpc) is 2.15. The zero-order chi connectivity index (χ0) is 10.9. The fraction of sp³-hybridized carbons (Fsp3) is 0.111. The lowest BCUT2D eigenvalue weighted by Gasteiger charge is -1.97. The SMILES string of the molecule is C=C(Cl)C(=C)C(=O)OC.C=CC#N. The molecule has 0 aromatic heterocycles. The molecule has 13 heavy (non-hydrogen) atoms. The van der Waals surface area contributed by atoms with Crippen molar-refractivity contribution in [2.45, 2.75) is 0 Å². The number of halogens is 1. The van der Waals surface area contributed by atoms with Crippen LogP contribution in [-0.2, 0) is 9.53 Å². The van der Waals surface area contributed by atoms with Gasteiger partial charge in [-0.25, -0.2) is 4.79 Å². The Morgan fingerprint density at radius 1 is 1.62 bits per heavy atom. The highest BCUT2D eigenvalue weighted by Crippen LogP contribution is 2.09. The van der Waals surface area contributed by atoms with Crippen molar-refractivity contribution in [2.24, 2.45) is 0 Å². The largest absolute Gasteiger partial charge is 0.465 e. The van der Waals surface area contributed by atoms with Crippen molar-refractivity contribution in [1.29, 1.82) is 5.26 Å². The number of nitrogens with zero attached hydrogens (tertiary/aromatic N) is 1. The summed E-state index contributed by atoms with van der Waals surface area (Å²) in [5.74, 6) is -0.546. The molecule has 4 heteroatoms. The molecule has 0 aliphatic carbocycles. The molecule has 0 saturated heterocycles. The van der Waals surface area contributed by atoms with E-state index in [1.807, 2.05) is 0 Å². The Hall–Kier alpha value is -1.53. The molecule has 70 valence electrons. The Morgan fingerprint density at radius 3 is 2.08 bits per heavy atom. The van der Waals surface area contributed by atoms with E-state index in [1.165, 1.54) is 13.2 Å². The first kappa shape index (κ1) is 14.0. The lowest BCUT2D eigenvalue weighted by molar-refractivity contribution is -0.135. The molecular formula is C9H10ClNO2. The van der Waals surface area contributed by atoms with Gasteiger partial charge in [0.25, 0.3) is 0 Å². The third-order valence-electron chi connectivity index (χ3n) is 0.851. The van der Waals surface area contributed by atoms with Gasteiger partial charge in [0.1, 0.15) is 0 Å². The summed E-state index contributed by atoms with van der Waals surface area (Å²) in [5.41, 5.74) is 0.0965. The van der Waals surface area contributed by atoms with Crippen molar-refractivity contribution >= 4 is 17.6 Å². The van der Waals surface area contributed by atoms with E-state index in [9.17, 15) is 4.79 Å². The summed E-state index contributed by atoms with van der Waals surface area (Å²) in [5, 5.41) is 7.62. The number of esters is 1. The van der Waals surface area contributed by atoms with Crippen LogP contribution in [0, 0.1) is 11.3 Å². The molecule has 0 radical (unpaired) electrons. The Balaban J connectivity index is 0. The molecule has 0 N–H and O–H groups in total. The standard InChI is InChI=1S/C6H7ClO2.C3H3N/c1-4(5(2)7)6(8)9-3;1-2-3-4/h1-2H2,3H3;2H,1H2. The van der Waals surface area contributed by atoms with Crippen molar-refractivity contribution in [2.75, 3.05) is 7.11 Å². The van der Waals surface area contributed by atoms with Gasteiger partial charge in [-0.15, -0.1) is 0 Å². The van der Waals surface area contributed by atoms with Crippen LogP contribution in [0.5, 0.6) is 0 Å². The Bertz CT molecular complexity index is 263. The van der Waals surface area contributed by atoms with Crippen LogP contribution in [0.1, 0.15) is 0 Å². The van der Waals surface area contributed by atoms with Crippen LogP contribution in [0.3, 0.4) is 0 Å². The summed E-state index contributed by atoms with van der Waals surface area (Å²) in [7, 11) is 1.26. The number of rotatable bonds is 2. The van der Waals surface area contributed by atoms with E-state index >= 15 is 0 Å². The first-order valence-electron chi connectivity index (χ1n) is 3.13. The normalized spacial score (nSPS) is 6.85. The van der Waals surface area contributed by atoms with E-state index in [-0.39, 0.29) is 10.6 Å². The molecule has 0 aliphatic rings. The quantitative estimate of drug-likeness (QED) is 0.296. The summed E-state index contributed by atoms with van der Waals surface area (Å²) in [4.78, 5) is 10.5. The molecule has 0 unspecified atom stereocenters. The smallest absolute Gasteiger partial charge is 0.338 e. The van der Waals surface area contributed by atoms with E-state index in [0.29, 0.717) is 0 Å². The Morgan fingerprint density at radius 2 is 2.00 bits per heavy atom. The molecule has 0 bridgehead atoms. The van der Waals surface area contributed by atoms with Gasteiger partial charge in [-0.05, 0) is 0 Å². The number of ether oxygens (including phenoxy) is 1. The molecule has 0 rings (SSSR count). The fourth-order valence-electron chi connectivity index (χ4n) is 0.234. The number of hydrogen-bond donors (Lipinski definition) is 0. The zero-order valence-corrected chi connectivity index (χ0v) is 8.10. The van der Waals surface area contributed by atoms with Gasteiger partial charge in [0.05, 0.1) is 18.8 Å². The predicted molar refractivity (Wildman–Crippen MR) is 52.0 cm³/mol. The molecule has 0 atom stereocenters. The lowest BCUT2D eigenvalue weighted by atomic mass is 10.3. The van der Waals surface area contributed by atoms with Crippen molar-refractivity contribution in [1.82, 2.24) is 0 Å². The van der Waals surface area contributed by atoms with Crippen LogP contribution in [-0.4, -0.2) is 13.1 Å². The summed E-state index contributed by atoms with van der Waals surface area (Å²) in [6.45, 7) is 9.73. The first-order chi connectivity index (χ1) is 6.01. The second kappa shape index (κ2) is 8.57. The van der Waals surface area contributed by atoms with Crippen LogP contribution < -0.4 is 0 Å². The summed E-state index contributed by atoms with van der Waals surface area (Å²) in [6.07, 6.45) is 1.18. The van der Waals surface area contributed by atoms with Crippen LogP contribution in [0.25, 0.3) is 0 Å². The molecule has 0 heterocycles. The molecule has 0 aromatic carbocycles. The van der Waals surface area contributed by atoms with Gasteiger partial charge in [-0.2, -0.15) is 5.26 Å². The van der Waals surface area contributed by atoms with E-state index in [2.05, 4.69) is 24.5 Å². The van der Waals surface area contributed by atoms with Crippen molar-refractivity contribution in [3.05, 3.63) is 36.4 Å². The summed E-state index contributed by atoms with van der Waals surface area (Å²) >= 11 is 5.31. The average molecular weight is 200 g/mol. The van der Waals surface area contributed by atoms with Crippen LogP contribution >= 0.6 is 11.6 Å². The van der Waals surface area contributed by atoms with Crippen molar-refractivity contribution in [3.8, 4) is 6.07 Å². The maximum atomic E-state index is 10.5. The number of hydrogen-bond acceptors (Lipinski definition) is 3. The Kier molecular flexibility index (Phi) is 9.24. The van der Waals surface area contributed by atoms with Gasteiger partial charge < -0.3 is 4.74 Å². The molecule has 0 aromatic rings. The van der Waals surface area contributed by atoms with Crippen molar-refractivity contribution in [3.63, 3.8) is 0 Å². The molecule has 0 fully saturated rings. The maximum absolute atomic E-state index is 10.5. The monoisotopic (exact) mass is 199 g/mol. The first-order valence-corrected chi connectivity index (χ1v) is 3.51. The number of nitriles is 1. The van der Waals surface area contributed by atoms with E-state index in [4.69, 9.17) is 16.9 Å². The van der Waals surface area contributed by atoms with Gasteiger partial charge >= 0.3 is 5.97 Å². The molecule has 0 saturated carbocycles. The van der Waals surface area contributed by atoms with Crippen LogP contribution in [0.2, 0.25) is 0 Å². The van der Waals surface area contributed by atoms with E-state index < -0.39 is 5.97 Å². The summed E-state index contributed by atoms with van der Waals surface area (Å²) in [6, 6.07) is 1.69. The lowest BCUT2D eigenvalue weighted by Crippen LogP contribution is -2.02. The predicted octanol–water partition coefficient (Wildman–Crippen LogP) is 2.16. The Labute approximate surface area is 82.6 Å². The van der Waals surface area contributed by atoms with Gasteiger partial charge in [-0.3, -0.25) is 0 Å². The van der Waals surface area contributed by atoms with E-state index in [1.54, 1.807) is 6.07 Å². The highest BCUT2D eigenvalue weighted by atomic mass is 35.5. The molecule has 0 amide bonds. The molecule has 3 nitrogen and oxygen atoms in total. The highest BCUT2D eigenvalue weighted by Gasteiger charge is 2.06. The maximum Gasteiger partial charge on any atom is 0.338 e. The van der Waals surface area contributed by atoms with Gasteiger partial charge in [0, 0.05) is 11.1 Å². The summed E-state index contributed by atoms with van der Waals surface area (Å²) < 4.78 is 4.29. The van der Waals surface area contributed by atoms with Crippen molar-refractivity contribution < 1.29 is 9.53 Å². The molecule has 0 aliphatic heterocycles. The fourth-order valence-corrected chi connectivity index (χ4v) is 0.311. The third kappa shape index (κ3) is 8.38. The van der Waals surface area contributed by atoms with E-state index in [0.717, 1.165) is 0 Å². The van der Waals surface area contributed by atoms with Crippen LogP contribution in [0.4, 0.5) is 0 Å². The highest BCUT2D eigenvalue weighted by molar-refractivity contribution is 6.34.